The molecule has 10 nitrogen and oxygen atoms in total. The Morgan fingerprint density at radius 3 is 2.73 bits per heavy atom. The van der Waals surface area contributed by atoms with E-state index in [0.717, 1.165) is 63.6 Å². The van der Waals surface area contributed by atoms with Gasteiger partial charge in [0, 0.05) is 34.9 Å². The molecule has 40 heavy (non-hydrogen) atoms. The number of aromatic amines is 2. The second-order valence-electron chi connectivity index (χ2n) is 9.86. The average molecular weight is 551 g/mol. The fourth-order valence-corrected chi connectivity index (χ4v) is 5.97. The largest absolute Gasteiger partial charge is 0.491 e. The highest BCUT2D eigenvalue weighted by molar-refractivity contribution is 7.17. The highest BCUT2D eigenvalue weighted by Gasteiger charge is 2.18. The van der Waals surface area contributed by atoms with Crippen LogP contribution in [0.1, 0.15) is 29.4 Å². The first-order valence-electron chi connectivity index (χ1n) is 13.2. The summed E-state index contributed by atoms with van der Waals surface area (Å²) in [6.45, 7) is 5.42. The number of Topliss-reactive ketones (excluding diaryl/α,β-unsaturated/α-hetero) is 1. The molecule has 7 rings (SSSR count). The Labute approximate surface area is 233 Å². The number of nitrogens with zero attached hydrogens (tertiary/aromatic N) is 6. The van der Waals surface area contributed by atoms with Crippen molar-refractivity contribution in [3.8, 4) is 39.0 Å². The van der Waals surface area contributed by atoms with Gasteiger partial charge in [-0.1, -0.05) is 0 Å². The monoisotopic (exact) mass is 550 g/mol. The van der Waals surface area contributed by atoms with Gasteiger partial charge >= 0.3 is 0 Å². The third-order valence-electron chi connectivity index (χ3n) is 7.13. The number of carbonyl (C=O) groups excluding carboxylic acids is 1. The second kappa shape index (κ2) is 10.2. The summed E-state index contributed by atoms with van der Waals surface area (Å²) in [5.41, 5.74) is 6.13. The average Bonchev–Trinajstić information content (AvgIpc) is 3.78. The lowest BCUT2D eigenvalue weighted by Crippen LogP contribution is -2.25. The molecule has 0 aromatic carbocycles. The predicted molar refractivity (Wildman–Crippen MR) is 154 cm³/mol. The maximum Gasteiger partial charge on any atom is 0.169 e. The van der Waals surface area contributed by atoms with Gasteiger partial charge in [0.2, 0.25) is 0 Å². The smallest absolute Gasteiger partial charge is 0.169 e. The van der Waals surface area contributed by atoms with Crippen LogP contribution in [0.25, 0.3) is 55.3 Å². The van der Waals surface area contributed by atoms with Gasteiger partial charge in [-0.3, -0.25) is 24.8 Å². The molecule has 0 amide bonds. The summed E-state index contributed by atoms with van der Waals surface area (Å²) in [6.07, 6.45) is 9.57. The first-order chi connectivity index (χ1) is 19.6. The third-order valence-corrected chi connectivity index (χ3v) is 8.35. The van der Waals surface area contributed by atoms with Crippen molar-refractivity contribution < 1.29 is 9.53 Å². The molecular formula is C29H26N8O2S. The van der Waals surface area contributed by atoms with Crippen LogP contribution in [0.5, 0.6) is 5.75 Å². The Balaban J connectivity index is 1.20. The maximum atomic E-state index is 11.8. The zero-order valence-electron chi connectivity index (χ0n) is 21.8. The quantitative estimate of drug-likeness (QED) is 0.243. The zero-order chi connectivity index (χ0) is 27.1. The van der Waals surface area contributed by atoms with E-state index in [1.54, 1.807) is 31.7 Å². The topological polar surface area (TPSA) is 126 Å². The Kier molecular flexibility index (Phi) is 6.29. The molecule has 0 unspecified atom stereocenters. The van der Waals surface area contributed by atoms with Crippen LogP contribution < -0.4 is 4.74 Å². The summed E-state index contributed by atoms with van der Waals surface area (Å²) in [5, 5.41) is 7.60. The van der Waals surface area contributed by atoms with Crippen molar-refractivity contribution >= 4 is 39.2 Å². The number of nitrogens with one attached hydrogen (secondary N) is 2. The Morgan fingerprint density at radius 1 is 1.00 bits per heavy atom. The van der Waals surface area contributed by atoms with E-state index in [1.165, 1.54) is 24.2 Å². The normalized spacial score (nSPS) is 13.9. The van der Waals surface area contributed by atoms with Crippen molar-refractivity contribution in [1.82, 2.24) is 40.0 Å². The van der Waals surface area contributed by atoms with Gasteiger partial charge in [-0.05, 0) is 63.2 Å². The molecule has 0 atom stereocenters. The molecule has 7 heterocycles. The molecule has 0 aliphatic carbocycles. The molecule has 11 heteroatoms. The number of hydrogen-bond acceptors (Lipinski definition) is 9. The lowest BCUT2D eigenvalue weighted by atomic mass is 10.1. The number of likely N-dealkylation sites (tertiary alicyclic amines) is 1. The molecule has 0 radical (unpaired) electrons. The van der Waals surface area contributed by atoms with Gasteiger partial charge in [0.25, 0.3) is 0 Å². The van der Waals surface area contributed by atoms with Crippen molar-refractivity contribution in [2.24, 2.45) is 0 Å². The van der Waals surface area contributed by atoms with Gasteiger partial charge in [-0.2, -0.15) is 5.10 Å². The summed E-state index contributed by atoms with van der Waals surface area (Å²) in [5.74, 6) is 1.35. The maximum absolute atomic E-state index is 11.8. The number of thiophene rings is 1. The number of pyridine rings is 3. The van der Waals surface area contributed by atoms with Crippen LogP contribution in [0.4, 0.5) is 0 Å². The van der Waals surface area contributed by atoms with Crippen molar-refractivity contribution in [3.63, 3.8) is 0 Å². The molecule has 2 N–H and O–H groups in total. The van der Waals surface area contributed by atoms with E-state index in [-0.39, 0.29) is 5.78 Å². The van der Waals surface area contributed by atoms with E-state index >= 15 is 0 Å². The van der Waals surface area contributed by atoms with Crippen LogP contribution in [0.3, 0.4) is 0 Å². The summed E-state index contributed by atoms with van der Waals surface area (Å²) in [7, 11) is 0. The summed E-state index contributed by atoms with van der Waals surface area (Å²) >= 11 is 1.43. The van der Waals surface area contributed by atoms with Gasteiger partial charge in [0.1, 0.15) is 23.4 Å². The van der Waals surface area contributed by atoms with Gasteiger partial charge in [0.15, 0.2) is 17.3 Å². The number of H-pyrrole nitrogens is 2. The van der Waals surface area contributed by atoms with E-state index in [0.29, 0.717) is 28.5 Å². The first kappa shape index (κ1) is 24.6. The third kappa shape index (κ3) is 4.63. The van der Waals surface area contributed by atoms with E-state index in [4.69, 9.17) is 14.7 Å². The highest BCUT2D eigenvalue weighted by atomic mass is 32.1. The number of ketones is 1. The number of rotatable bonds is 8. The summed E-state index contributed by atoms with van der Waals surface area (Å²) in [4.78, 5) is 37.8. The van der Waals surface area contributed by atoms with E-state index < -0.39 is 0 Å². The molecule has 1 aliphatic rings. The second-order valence-corrected chi connectivity index (χ2v) is 10.9. The predicted octanol–water partition coefficient (Wildman–Crippen LogP) is 5.36. The molecule has 0 bridgehead atoms. The van der Waals surface area contributed by atoms with Gasteiger partial charge in [-0.25, -0.2) is 9.97 Å². The van der Waals surface area contributed by atoms with Crippen molar-refractivity contribution in [3.05, 3.63) is 60.0 Å². The number of carbonyl (C=O) groups is 1. The summed E-state index contributed by atoms with van der Waals surface area (Å²) in [6, 6.07) is 9.64. The van der Waals surface area contributed by atoms with Crippen LogP contribution >= 0.6 is 11.3 Å². The first-order valence-corrected chi connectivity index (χ1v) is 14.0. The van der Waals surface area contributed by atoms with Crippen LogP contribution in [-0.2, 0) is 0 Å². The highest BCUT2D eigenvalue weighted by Crippen LogP contribution is 2.34. The lowest BCUT2D eigenvalue weighted by Gasteiger charge is -2.15. The van der Waals surface area contributed by atoms with Crippen LogP contribution in [0.15, 0.2) is 55.1 Å². The van der Waals surface area contributed by atoms with E-state index in [2.05, 4.69) is 30.0 Å². The van der Waals surface area contributed by atoms with Crippen molar-refractivity contribution in [2.45, 2.75) is 19.8 Å². The van der Waals surface area contributed by atoms with Crippen LogP contribution in [0, 0.1) is 0 Å². The minimum atomic E-state index is 0.0401. The Morgan fingerprint density at radius 2 is 1.88 bits per heavy atom. The number of hydrogen-bond donors (Lipinski definition) is 2. The molecular weight excluding hydrogens is 524 g/mol. The molecule has 200 valence electrons. The fourth-order valence-electron chi connectivity index (χ4n) is 5.06. The SMILES string of the molecule is CC(=O)c1ccc(-c2cncc3[nH]c(-c4n[nH]c5ccc(-c6cncc(OCCN7CCCC7)c6)nc45)nc23)s1. The van der Waals surface area contributed by atoms with E-state index in [1.807, 2.05) is 30.3 Å². The van der Waals surface area contributed by atoms with Crippen LogP contribution in [0.2, 0.25) is 0 Å². The minimum absolute atomic E-state index is 0.0401. The Hall–Kier alpha value is -4.48. The Bertz CT molecular complexity index is 1850. The number of imidazole rings is 1. The van der Waals surface area contributed by atoms with Crippen LogP contribution in [-0.4, -0.2) is 72.0 Å². The molecule has 6 aromatic heterocycles. The van der Waals surface area contributed by atoms with Crippen molar-refractivity contribution in [1.29, 1.82) is 0 Å². The van der Waals surface area contributed by atoms with Gasteiger partial charge in [-0.15, -0.1) is 11.3 Å². The summed E-state index contributed by atoms with van der Waals surface area (Å²) < 4.78 is 6.00. The molecule has 0 spiro atoms. The number of fused-ring (bicyclic) bond motifs is 2. The van der Waals surface area contributed by atoms with Gasteiger partial charge in [0.05, 0.1) is 34.0 Å². The lowest BCUT2D eigenvalue weighted by molar-refractivity contribution is 0.102. The minimum Gasteiger partial charge on any atom is -0.491 e. The molecule has 1 fully saturated rings. The van der Waals surface area contributed by atoms with Crippen molar-refractivity contribution in [2.75, 3.05) is 26.2 Å². The fraction of sp³-hybridized carbons (Fsp3) is 0.241. The standard InChI is InChI=1S/C29H26N8O2S/c1-17(38)24-6-7-25(40-24)20-15-31-16-23-26(20)34-29(33-23)28-27-22(35-36-28)5-4-21(32-27)18-12-19(14-30-13-18)39-11-10-37-8-2-3-9-37/h4-7,12-16H,2-3,8-11H2,1H3,(H,33,34)(H,35,36). The zero-order valence-corrected chi connectivity index (χ0v) is 22.7. The van der Waals surface area contributed by atoms with E-state index in [9.17, 15) is 4.79 Å². The molecule has 1 saturated heterocycles. The number of aromatic nitrogens is 7. The van der Waals surface area contributed by atoms with Gasteiger partial charge < -0.3 is 9.72 Å². The number of ether oxygens (including phenoxy) is 1. The molecule has 0 saturated carbocycles. The molecule has 6 aromatic rings. The molecule has 1 aliphatic heterocycles.